The largest absolute Gasteiger partial charge is 0.339 e. The number of carbonyl (C=O) groups is 1. The molecule has 2 aromatic rings. The maximum absolute atomic E-state index is 12.7. The summed E-state index contributed by atoms with van der Waals surface area (Å²) in [7, 11) is 0. The maximum Gasteiger partial charge on any atom is 0.162 e. The number of rotatable bonds is 5. The van der Waals surface area contributed by atoms with Gasteiger partial charge in [0.15, 0.2) is 5.78 Å². The highest BCUT2D eigenvalue weighted by molar-refractivity contribution is 5.95. The van der Waals surface area contributed by atoms with Crippen molar-refractivity contribution in [2.45, 2.75) is 19.4 Å². The molecule has 0 unspecified atom stereocenters. The first-order valence-corrected chi connectivity index (χ1v) is 6.05. The van der Waals surface area contributed by atoms with E-state index in [0.717, 1.165) is 0 Å². The fraction of sp³-hybridized carbons (Fsp3) is 0.200. The van der Waals surface area contributed by atoms with Crippen molar-refractivity contribution in [3.8, 4) is 6.07 Å². The quantitative estimate of drug-likeness (QED) is 0.771. The lowest BCUT2D eigenvalue weighted by atomic mass is 10.1. The summed E-state index contributed by atoms with van der Waals surface area (Å²) in [6.07, 6.45) is 2.86. The molecule has 4 heteroatoms. The number of ketones is 1. The molecule has 1 aromatic carbocycles. The van der Waals surface area contributed by atoms with Crippen molar-refractivity contribution in [2.24, 2.45) is 0 Å². The molecule has 0 bridgehead atoms. The Morgan fingerprint density at radius 1 is 1.26 bits per heavy atom. The van der Waals surface area contributed by atoms with E-state index in [-0.39, 0.29) is 11.6 Å². The van der Waals surface area contributed by atoms with E-state index in [1.165, 1.54) is 24.3 Å². The van der Waals surface area contributed by atoms with E-state index in [0.29, 0.717) is 30.6 Å². The van der Waals surface area contributed by atoms with Crippen LogP contribution in [0.5, 0.6) is 0 Å². The zero-order valence-electron chi connectivity index (χ0n) is 10.3. The Morgan fingerprint density at radius 3 is 2.68 bits per heavy atom. The van der Waals surface area contributed by atoms with Gasteiger partial charge < -0.3 is 4.57 Å². The molecule has 0 aliphatic heterocycles. The number of aromatic nitrogens is 1. The monoisotopic (exact) mass is 256 g/mol. The van der Waals surface area contributed by atoms with Gasteiger partial charge in [-0.05, 0) is 42.8 Å². The third kappa shape index (κ3) is 3.29. The molecular formula is C15H13FN2O. The number of carbonyl (C=O) groups excluding carboxylic acids is 1. The molecule has 0 N–H and O–H groups in total. The fourth-order valence-corrected chi connectivity index (χ4v) is 1.90. The molecule has 0 amide bonds. The second-order valence-corrected chi connectivity index (χ2v) is 4.23. The van der Waals surface area contributed by atoms with Crippen molar-refractivity contribution in [2.75, 3.05) is 0 Å². The van der Waals surface area contributed by atoms with E-state index < -0.39 is 0 Å². The fourth-order valence-electron chi connectivity index (χ4n) is 1.90. The van der Waals surface area contributed by atoms with Gasteiger partial charge in [0.25, 0.3) is 0 Å². The average molecular weight is 256 g/mol. The van der Waals surface area contributed by atoms with Crippen molar-refractivity contribution in [1.29, 1.82) is 5.26 Å². The Labute approximate surface area is 110 Å². The minimum Gasteiger partial charge on any atom is -0.339 e. The molecule has 96 valence electrons. The number of Topliss-reactive ketones (excluding diaryl/α,β-unsaturated/α-hetero) is 1. The Bertz CT molecular complexity index is 608. The van der Waals surface area contributed by atoms with Crippen molar-refractivity contribution in [1.82, 2.24) is 4.57 Å². The highest BCUT2D eigenvalue weighted by Gasteiger charge is 2.06. The molecule has 2 rings (SSSR count). The smallest absolute Gasteiger partial charge is 0.162 e. The molecule has 0 saturated heterocycles. The molecule has 0 spiro atoms. The van der Waals surface area contributed by atoms with Gasteiger partial charge in [-0.3, -0.25) is 4.79 Å². The lowest BCUT2D eigenvalue weighted by molar-refractivity contribution is 0.0978. The number of benzene rings is 1. The summed E-state index contributed by atoms with van der Waals surface area (Å²) in [4.78, 5) is 11.8. The molecule has 0 radical (unpaired) electrons. The Kier molecular flexibility index (Phi) is 4.09. The predicted octanol–water partition coefficient (Wildman–Crippen LogP) is 3.16. The topological polar surface area (TPSA) is 45.8 Å². The van der Waals surface area contributed by atoms with Crippen molar-refractivity contribution < 1.29 is 9.18 Å². The van der Waals surface area contributed by atoms with E-state index in [1.54, 1.807) is 12.1 Å². The highest BCUT2D eigenvalue weighted by atomic mass is 19.1. The molecule has 19 heavy (non-hydrogen) atoms. The summed E-state index contributed by atoms with van der Waals surface area (Å²) >= 11 is 0. The number of aryl methyl sites for hydroxylation is 1. The van der Waals surface area contributed by atoms with Crippen LogP contribution in [0, 0.1) is 17.1 Å². The van der Waals surface area contributed by atoms with Crippen LogP contribution >= 0.6 is 0 Å². The summed E-state index contributed by atoms with van der Waals surface area (Å²) in [5, 5.41) is 8.85. The minimum atomic E-state index is -0.345. The van der Waals surface area contributed by atoms with Crippen LogP contribution in [0.2, 0.25) is 0 Å². The Balaban J connectivity index is 1.88. The zero-order chi connectivity index (χ0) is 13.7. The van der Waals surface area contributed by atoms with E-state index in [4.69, 9.17) is 5.26 Å². The summed E-state index contributed by atoms with van der Waals surface area (Å²) in [5.74, 6) is -0.354. The van der Waals surface area contributed by atoms with Crippen LogP contribution in [0.25, 0.3) is 0 Å². The van der Waals surface area contributed by atoms with Gasteiger partial charge in [-0.1, -0.05) is 0 Å². The first-order valence-electron chi connectivity index (χ1n) is 6.05. The second kappa shape index (κ2) is 5.96. The first kappa shape index (κ1) is 13.0. The van der Waals surface area contributed by atoms with Gasteiger partial charge in [-0.15, -0.1) is 0 Å². The van der Waals surface area contributed by atoms with Gasteiger partial charge in [-0.2, -0.15) is 5.26 Å². The van der Waals surface area contributed by atoms with Gasteiger partial charge in [0, 0.05) is 24.7 Å². The maximum atomic E-state index is 12.7. The molecule has 1 heterocycles. The first-order chi connectivity index (χ1) is 9.20. The minimum absolute atomic E-state index is 0.00864. The van der Waals surface area contributed by atoms with Gasteiger partial charge in [0.1, 0.15) is 17.6 Å². The number of hydrogen-bond donors (Lipinski definition) is 0. The second-order valence-electron chi connectivity index (χ2n) is 4.23. The van der Waals surface area contributed by atoms with Gasteiger partial charge in [-0.25, -0.2) is 4.39 Å². The van der Waals surface area contributed by atoms with Crippen LogP contribution in [-0.4, -0.2) is 10.4 Å². The van der Waals surface area contributed by atoms with Crippen LogP contribution in [0.1, 0.15) is 28.9 Å². The third-order valence-corrected chi connectivity index (χ3v) is 2.91. The molecule has 0 fully saturated rings. The predicted molar refractivity (Wildman–Crippen MR) is 69.1 cm³/mol. The normalized spacial score (nSPS) is 10.1. The number of halogens is 1. The van der Waals surface area contributed by atoms with Crippen LogP contribution in [0.4, 0.5) is 4.39 Å². The summed E-state index contributed by atoms with van der Waals surface area (Å²) in [6.45, 7) is 0.628. The van der Waals surface area contributed by atoms with Crippen LogP contribution in [0.15, 0.2) is 42.6 Å². The molecule has 0 aliphatic carbocycles. The number of nitriles is 1. The molecule has 0 saturated carbocycles. The van der Waals surface area contributed by atoms with Gasteiger partial charge in [0.05, 0.1) is 0 Å². The van der Waals surface area contributed by atoms with Crippen LogP contribution < -0.4 is 0 Å². The lowest BCUT2D eigenvalue weighted by Gasteiger charge is -2.04. The van der Waals surface area contributed by atoms with E-state index >= 15 is 0 Å². The molecule has 3 nitrogen and oxygen atoms in total. The van der Waals surface area contributed by atoms with E-state index in [1.807, 2.05) is 10.8 Å². The van der Waals surface area contributed by atoms with E-state index in [2.05, 4.69) is 6.07 Å². The van der Waals surface area contributed by atoms with Crippen molar-refractivity contribution in [3.63, 3.8) is 0 Å². The lowest BCUT2D eigenvalue weighted by Crippen LogP contribution is -2.04. The van der Waals surface area contributed by atoms with Gasteiger partial charge >= 0.3 is 0 Å². The third-order valence-electron chi connectivity index (χ3n) is 2.91. The van der Waals surface area contributed by atoms with Crippen LogP contribution in [-0.2, 0) is 6.54 Å². The number of nitrogens with zero attached hydrogens (tertiary/aromatic N) is 2. The van der Waals surface area contributed by atoms with Gasteiger partial charge in [0.2, 0.25) is 0 Å². The molecule has 1 aromatic heterocycles. The number of hydrogen-bond acceptors (Lipinski definition) is 2. The summed E-state index contributed by atoms with van der Waals surface area (Å²) in [6, 6.07) is 11.2. The Morgan fingerprint density at radius 2 is 2.00 bits per heavy atom. The van der Waals surface area contributed by atoms with Crippen LogP contribution in [0.3, 0.4) is 0 Å². The zero-order valence-corrected chi connectivity index (χ0v) is 10.3. The van der Waals surface area contributed by atoms with E-state index in [9.17, 15) is 9.18 Å². The summed E-state index contributed by atoms with van der Waals surface area (Å²) in [5.41, 5.74) is 1.11. The standard InChI is InChI=1S/C15H13FN2O/c16-13-7-5-12(6-8-13)15(19)4-2-10-18-9-1-3-14(18)11-17/h1,3,5-9H,2,4,10H2. The highest BCUT2D eigenvalue weighted by Crippen LogP contribution is 2.09. The summed E-state index contributed by atoms with van der Waals surface area (Å²) < 4.78 is 14.5. The van der Waals surface area contributed by atoms with Crippen molar-refractivity contribution >= 4 is 5.78 Å². The molecular weight excluding hydrogens is 243 g/mol. The van der Waals surface area contributed by atoms with Crippen molar-refractivity contribution in [3.05, 3.63) is 59.7 Å². The Hall–Kier alpha value is -2.41. The average Bonchev–Trinajstić information content (AvgIpc) is 2.87. The SMILES string of the molecule is N#Cc1cccn1CCCC(=O)c1ccc(F)cc1. The molecule has 0 aliphatic rings. The molecule has 0 atom stereocenters.